The van der Waals surface area contributed by atoms with Gasteiger partial charge < -0.3 is 19.7 Å². The number of ether oxygens (including phenoxy) is 2. The van der Waals surface area contributed by atoms with Crippen LogP contribution in [0.1, 0.15) is 32.8 Å². The summed E-state index contributed by atoms with van der Waals surface area (Å²) in [6, 6.07) is 20.5. The fourth-order valence-corrected chi connectivity index (χ4v) is 3.86. The van der Waals surface area contributed by atoms with E-state index in [9.17, 15) is 9.59 Å². The van der Waals surface area contributed by atoms with Gasteiger partial charge in [0.1, 0.15) is 18.9 Å². The van der Waals surface area contributed by atoms with Gasteiger partial charge in [0, 0.05) is 25.8 Å². The van der Waals surface area contributed by atoms with Gasteiger partial charge in [0.2, 0.25) is 0 Å². The lowest BCUT2D eigenvalue weighted by Crippen LogP contribution is -2.41. The van der Waals surface area contributed by atoms with E-state index in [0.29, 0.717) is 55.4 Å². The molecule has 0 radical (unpaired) electrons. The molecule has 1 aliphatic heterocycles. The molecule has 2 amide bonds. The highest BCUT2D eigenvalue weighted by atomic mass is 16.6. The minimum atomic E-state index is -0.231. The van der Waals surface area contributed by atoms with Gasteiger partial charge in [-0.25, -0.2) is 0 Å². The van der Waals surface area contributed by atoms with E-state index >= 15 is 0 Å². The number of para-hydroxylation sites is 1. The van der Waals surface area contributed by atoms with Gasteiger partial charge in [-0.1, -0.05) is 42.5 Å². The Morgan fingerprint density at radius 2 is 1.79 bits per heavy atom. The van der Waals surface area contributed by atoms with E-state index < -0.39 is 0 Å². The molecule has 1 atom stereocenters. The van der Waals surface area contributed by atoms with E-state index in [1.165, 1.54) is 0 Å². The Bertz CT molecular complexity index is 1090. The van der Waals surface area contributed by atoms with Gasteiger partial charge in [0.05, 0.1) is 5.56 Å². The fourth-order valence-electron chi connectivity index (χ4n) is 3.86. The molecular weight excluding hydrogens is 418 g/mol. The fraction of sp³-hybridized carbons (Fsp3) is 0.269. The number of nitrogens with one attached hydrogen (secondary N) is 1. The lowest BCUT2D eigenvalue weighted by molar-refractivity contribution is 0.0712. The standard InChI is InChI=1S/C26H27N3O4/c1-29(26(31)21-10-7-12-23-24(21)33-17-16-32-23)20(18-19-8-3-2-4-9-19)13-15-28-25(30)22-11-5-6-14-27-22/h2-12,14,20H,13,15-18H2,1H3,(H,28,30). The topological polar surface area (TPSA) is 80.8 Å². The van der Waals surface area contributed by atoms with E-state index in [-0.39, 0.29) is 17.9 Å². The summed E-state index contributed by atoms with van der Waals surface area (Å²) in [4.78, 5) is 31.7. The molecule has 7 nitrogen and oxygen atoms in total. The number of likely N-dealkylation sites (N-methyl/N-ethyl adjacent to an activating group) is 1. The number of carbonyl (C=O) groups is 2. The van der Waals surface area contributed by atoms with Crippen LogP contribution in [0.5, 0.6) is 11.5 Å². The van der Waals surface area contributed by atoms with Crippen LogP contribution in [0.2, 0.25) is 0 Å². The quantitative estimate of drug-likeness (QED) is 0.575. The zero-order valence-electron chi connectivity index (χ0n) is 18.6. The first-order chi connectivity index (χ1) is 16.1. The largest absolute Gasteiger partial charge is 0.486 e. The number of aromatic nitrogens is 1. The van der Waals surface area contributed by atoms with Crippen molar-refractivity contribution in [2.75, 3.05) is 26.8 Å². The molecular formula is C26H27N3O4. The summed E-state index contributed by atoms with van der Waals surface area (Å²) < 4.78 is 11.4. The van der Waals surface area contributed by atoms with Crippen molar-refractivity contribution < 1.29 is 19.1 Å². The number of rotatable bonds is 8. The predicted octanol–water partition coefficient (Wildman–Crippen LogP) is 3.36. The first-order valence-electron chi connectivity index (χ1n) is 11.0. The summed E-state index contributed by atoms with van der Waals surface area (Å²) in [6.45, 7) is 1.29. The molecule has 1 aromatic heterocycles. The summed E-state index contributed by atoms with van der Waals surface area (Å²) in [5.74, 6) is 0.699. The monoisotopic (exact) mass is 445 g/mol. The van der Waals surface area contributed by atoms with E-state index in [0.717, 1.165) is 5.56 Å². The first kappa shape index (κ1) is 22.3. The Kier molecular flexibility index (Phi) is 7.19. The van der Waals surface area contributed by atoms with E-state index in [4.69, 9.17) is 9.47 Å². The third-order valence-electron chi connectivity index (χ3n) is 5.64. The Balaban J connectivity index is 1.49. The summed E-state index contributed by atoms with van der Waals surface area (Å²) >= 11 is 0. The molecule has 2 aromatic carbocycles. The van der Waals surface area contributed by atoms with Gasteiger partial charge in [0.25, 0.3) is 11.8 Å². The molecule has 0 saturated heterocycles. The molecule has 7 heteroatoms. The minimum Gasteiger partial charge on any atom is -0.486 e. The molecule has 1 N–H and O–H groups in total. The predicted molar refractivity (Wildman–Crippen MR) is 125 cm³/mol. The number of amides is 2. The van der Waals surface area contributed by atoms with Gasteiger partial charge in [0.15, 0.2) is 11.5 Å². The number of hydrogen-bond donors (Lipinski definition) is 1. The van der Waals surface area contributed by atoms with E-state index in [1.54, 1.807) is 54.5 Å². The van der Waals surface area contributed by atoms with Crippen molar-refractivity contribution in [2.45, 2.75) is 18.9 Å². The molecule has 2 heterocycles. The van der Waals surface area contributed by atoms with Crippen molar-refractivity contribution in [3.8, 4) is 11.5 Å². The molecule has 0 bridgehead atoms. The number of carbonyl (C=O) groups excluding carboxylic acids is 2. The van der Waals surface area contributed by atoms with Crippen molar-refractivity contribution in [3.63, 3.8) is 0 Å². The lowest BCUT2D eigenvalue weighted by atomic mass is 10.0. The first-order valence-corrected chi connectivity index (χ1v) is 11.0. The SMILES string of the molecule is CN(C(=O)c1cccc2c1OCCO2)C(CCNC(=O)c1ccccn1)Cc1ccccc1. The average Bonchev–Trinajstić information content (AvgIpc) is 2.88. The Morgan fingerprint density at radius 3 is 2.58 bits per heavy atom. The van der Waals surface area contributed by atoms with E-state index in [2.05, 4.69) is 10.3 Å². The number of fused-ring (bicyclic) bond motifs is 1. The van der Waals surface area contributed by atoms with Crippen LogP contribution in [0.3, 0.4) is 0 Å². The molecule has 0 fully saturated rings. The number of pyridine rings is 1. The van der Waals surface area contributed by atoms with Crippen LogP contribution in [0.15, 0.2) is 72.9 Å². The van der Waals surface area contributed by atoms with Crippen LogP contribution in [0.25, 0.3) is 0 Å². The Labute approximate surface area is 193 Å². The molecule has 33 heavy (non-hydrogen) atoms. The molecule has 0 saturated carbocycles. The molecule has 4 rings (SSSR count). The molecule has 0 aliphatic carbocycles. The molecule has 3 aromatic rings. The van der Waals surface area contributed by atoms with Gasteiger partial charge in [-0.3, -0.25) is 14.6 Å². The highest BCUT2D eigenvalue weighted by Crippen LogP contribution is 2.34. The van der Waals surface area contributed by atoms with Crippen molar-refractivity contribution in [1.82, 2.24) is 15.2 Å². The van der Waals surface area contributed by atoms with Gasteiger partial charge in [-0.15, -0.1) is 0 Å². The van der Waals surface area contributed by atoms with Crippen molar-refractivity contribution in [3.05, 3.63) is 89.7 Å². The van der Waals surface area contributed by atoms with Gasteiger partial charge in [-0.2, -0.15) is 0 Å². The maximum Gasteiger partial charge on any atom is 0.269 e. The maximum atomic E-state index is 13.5. The normalized spacial score (nSPS) is 13.1. The second-order valence-corrected chi connectivity index (χ2v) is 7.85. The summed E-state index contributed by atoms with van der Waals surface area (Å²) in [5.41, 5.74) is 1.97. The Hall–Kier alpha value is -3.87. The molecule has 0 spiro atoms. The van der Waals surface area contributed by atoms with Crippen molar-refractivity contribution in [1.29, 1.82) is 0 Å². The van der Waals surface area contributed by atoms with Crippen LogP contribution >= 0.6 is 0 Å². The summed E-state index contributed by atoms with van der Waals surface area (Å²) in [7, 11) is 1.79. The van der Waals surface area contributed by atoms with Crippen LogP contribution in [0.4, 0.5) is 0 Å². The van der Waals surface area contributed by atoms with E-state index in [1.807, 2.05) is 30.3 Å². The second-order valence-electron chi connectivity index (χ2n) is 7.85. The molecule has 1 unspecified atom stereocenters. The van der Waals surface area contributed by atoms with Crippen LogP contribution in [0, 0.1) is 0 Å². The number of hydrogen-bond acceptors (Lipinski definition) is 5. The van der Waals surface area contributed by atoms with Crippen molar-refractivity contribution >= 4 is 11.8 Å². The van der Waals surface area contributed by atoms with Crippen LogP contribution in [-0.2, 0) is 6.42 Å². The second kappa shape index (κ2) is 10.6. The smallest absolute Gasteiger partial charge is 0.269 e. The maximum absolute atomic E-state index is 13.5. The summed E-state index contributed by atoms with van der Waals surface area (Å²) in [6.07, 6.45) is 2.84. The highest BCUT2D eigenvalue weighted by molar-refractivity contribution is 5.98. The van der Waals surface area contributed by atoms with Crippen molar-refractivity contribution in [2.24, 2.45) is 0 Å². The average molecular weight is 446 g/mol. The zero-order chi connectivity index (χ0) is 23.0. The zero-order valence-corrected chi connectivity index (χ0v) is 18.6. The third-order valence-corrected chi connectivity index (χ3v) is 5.64. The van der Waals surface area contributed by atoms with Gasteiger partial charge >= 0.3 is 0 Å². The molecule has 1 aliphatic rings. The highest BCUT2D eigenvalue weighted by Gasteiger charge is 2.27. The van der Waals surface area contributed by atoms with Crippen LogP contribution in [-0.4, -0.2) is 54.5 Å². The minimum absolute atomic E-state index is 0.135. The Morgan fingerprint density at radius 1 is 1.00 bits per heavy atom. The summed E-state index contributed by atoms with van der Waals surface area (Å²) in [5, 5.41) is 2.91. The number of nitrogens with zero attached hydrogens (tertiary/aromatic N) is 2. The number of benzene rings is 2. The van der Waals surface area contributed by atoms with Gasteiger partial charge in [-0.05, 0) is 42.7 Å². The van der Waals surface area contributed by atoms with Crippen LogP contribution < -0.4 is 14.8 Å². The lowest BCUT2D eigenvalue weighted by Gasteiger charge is -2.30. The molecule has 170 valence electrons. The third kappa shape index (κ3) is 5.49.